The summed E-state index contributed by atoms with van der Waals surface area (Å²) in [5.41, 5.74) is 3.24. The fourth-order valence-corrected chi connectivity index (χ4v) is 2.32. The number of nitrogens with one attached hydrogen (secondary N) is 1. The summed E-state index contributed by atoms with van der Waals surface area (Å²) in [4.78, 5) is 16.3. The van der Waals surface area contributed by atoms with Crippen molar-refractivity contribution in [1.29, 1.82) is 0 Å². The lowest BCUT2D eigenvalue weighted by Gasteiger charge is -2.05. The van der Waals surface area contributed by atoms with E-state index in [1.165, 1.54) is 0 Å². The molecule has 1 fully saturated rings. The Bertz CT molecular complexity index is 785. The van der Waals surface area contributed by atoms with E-state index < -0.39 is 0 Å². The highest BCUT2D eigenvalue weighted by Gasteiger charge is 2.29. The number of oxazole rings is 1. The van der Waals surface area contributed by atoms with E-state index >= 15 is 0 Å². The van der Waals surface area contributed by atoms with Crippen LogP contribution < -0.4 is 5.32 Å². The first-order valence-electron chi connectivity index (χ1n) is 7.06. The van der Waals surface area contributed by atoms with E-state index in [-0.39, 0.29) is 11.8 Å². The molecule has 1 aliphatic rings. The maximum atomic E-state index is 11.8. The molecule has 1 saturated carbocycles. The summed E-state index contributed by atoms with van der Waals surface area (Å²) in [6.45, 7) is 0. The van der Waals surface area contributed by atoms with Crippen molar-refractivity contribution >= 4 is 22.7 Å². The minimum absolute atomic E-state index is 0.102. The molecule has 0 radical (unpaired) electrons. The monoisotopic (exact) mass is 278 g/mol. The first-order valence-corrected chi connectivity index (χ1v) is 7.06. The molecular weight excluding hydrogens is 264 g/mol. The first kappa shape index (κ1) is 12.1. The number of rotatable bonds is 3. The maximum Gasteiger partial charge on any atom is 0.227 e. The minimum Gasteiger partial charge on any atom is -0.436 e. The highest BCUT2D eigenvalue weighted by atomic mass is 16.3. The molecule has 2 aromatic carbocycles. The molecule has 1 aliphatic carbocycles. The summed E-state index contributed by atoms with van der Waals surface area (Å²) < 4.78 is 5.75. The number of hydrogen-bond donors (Lipinski definition) is 1. The molecule has 1 heterocycles. The zero-order valence-electron chi connectivity index (χ0n) is 11.4. The van der Waals surface area contributed by atoms with E-state index in [1.54, 1.807) is 0 Å². The van der Waals surface area contributed by atoms with Crippen LogP contribution in [0, 0.1) is 5.92 Å². The van der Waals surface area contributed by atoms with Crippen molar-refractivity contribution in [3.63, 3.8) is 0 Å². The molecule has 104 valence electrons. The van der Waals surface area contributed by atoms with Crippen molar-refractivity contribution in [3.8, 4) is 11.5 Å². The maximum absolute atomic E-state index is 11.8. The Kier molecular flexibility index (Phi) is 2.74. The molecule has 1 amide bonds. The van der Waals surface area contributed by atoms with E-state index in [9.17, 15) is 4.79 Å². The third-order valence-electron chi connectivity index (χ3n) is 3.62. The highest BCUT2D eigenvalue weighted by Crippen LogP contribution is 2.31. The standard InChI is InChI=1S/C17H14N2O2/c20-16(11-8-9-11)18-13-5-3-4-12(10-13)17-19-14-6-1-2-7-15(14)21-17/h1-7,10-11H,8-9H2,(H,18,20). The third-order valence-corrected chi connectivity index (χ3v) is 3.62. The summed E-state index contributed by atoms with van der Waals surface area (Å²) in [7, 11) is 0. The van der Waals surface area contributed by atoms with Crippen LogP contribution in [-0.4, -0.2) is 10.9 Å². The second kappa shape index (κ2) is 4.74. The van der Waals surface area contributed by atoms with Gasteiger partial charge in [0.25, 0.3) is 0 Å². The molecule has 0 atom stereocenters. The first-order chi connectivity index (χ1) is 10.3. The number of anilines is 1. The Morgan fingerprint density at radius 3 is 2.81 bits per heavy atom. The normalized spacial score (nSPS) is 14.3. The number of hydrogen-bond acceptors (Lipinski definition) is 3. The van der Waals surface area contributed by atoms with E-state index in [2.05, 4.69) is 10.3 Å². The summed E-state index contributed by atoms with van der Waals surface area (Å²) in [5.74, 6) is 0.862. The van der Waals surface area contributed by atoms with Gasteiger partial charge in [-0.25, -0.2) is 4.98 Å². The molecule has 0 saturated heterocycles. The van der Waals surface area contributed by atoms with Crippen molar-refractivity contribution in [2.45, 2.75) is 12.8 Å². The Balaban J connectivity index is 1.66. The van der Waals surface area contributed by atoms with Crippen LogP contribution in [0.15, 0.2) is 52.9 Å². The number of nitrogens with zero attached hydrogens (tertiary/aromatic N) is 1. The second-order valence-corrected chi connectivity index (χ2v) is 5.33. The zero-order chi connectivity index (χ0) is 14.2. The minimum atomic E-state index is 0.102. The van der Waals surface area contributed by atoms with E-state index in [1.807, 2.05) is 48.5 Å². The molecule has 3 aromatic rings. The zero-order valence-corrected chi connectivity index (χ0v) is 11.4. The Morgan fingerprint density at radius 1 is 1.14 bits per heavy atom. The number of aromatic nitrogens is 1. The molecule has 21 heavy (non-hydrogen) atoms. The van der Waals surface area contributed by atoms with Gasteiger partial charge in [-0.15, -0.1) is 0 Å². The van der Waals surface area contributed by atoms with Gasteiger partial charge >= 0.3 is 0 Å². The summed E-state index contributed by atoms with van der Waals surface area (Å²) in [5, 5.41) is 2.94. The quantitative estimate of drug-likeness (QED) is 0.791. The molecule has 0 unspecified atom stereocenters. The largest absolute Gasteiger partial charge is 0.436 e. The van der Waals surface area contributed by atoms with Crippen molar-refractivity contribution < 1.29 is 9.21 Å². The topological polar surface area (TPSA) is 55.1 Å². The lowest BCUT2D eigenvalue weighted by Crippen LogP contribution is -2.13. The van der Waals surface area contributed by atoms with Gasteiger partial charge in [0, 0.05) is 17.2 Å². The van der Waals surface area contributed by atoms with Crippen molar-refractivity contribution in [3.05, 3.63) is 48.5 Å². The van der Waals surface area contributed by atoms with Gasteiger partial charge in [0.15, 0.2) is 5.58 Å². The summed E-state index contributed by atoms with van der Waals surface area (Å²) >= 11 is 0. The van der Waals surface area contributed by atoms with E-state index in [0.29, 0.717) is 5.89 Å². The van der Waals surface area contributed by atoms with E-state index in [4.69, 9.17) is 4.42 Å². The molecule has 1 N–H and O–H groups in total. The summed E-state index contributed by atoms with van der Waals surface area (Å²) in [6, 6.07) is 15.3. The fraction of sp³-hybridized carbons (Fsp3) is 0.176. The van der Waals surface area contributed by atoms with Crippen molar-refractivity contribution in [1.82, 2.24) is 4.98 Å². The van der Waals surface area contributed by atoms with Crippen LogP contribution in [0.4, 0.5) is 5.69 Å². The Hall–Kier alpha value is -2.62. The van der Waals surface area contributed by atoms with Gasteiger partial charge in [-0.3, -0.25) is 4.79 Å². The lowest BCUT2D eigenvalue weighted by molar-refractivity contribution is -0.117. The van der Waals surface area contributed by atoms with Crippen LogP contribution in [0.3, 0.4) is 0 Å². The Labute approximate surface area is 121 Å². The fourth-order valence-electron chi connectivity index (χ4n) is 2.32. The molecule has 0 aliphatic heterocycles. The number of carbonyl (C=O) groups is 1. The average Bonchev–Trinajstić information content (AvgIpc) is 3.26. The van der Waals surface area contributed by atoms with Gasteiger partial charge in [0.05, 0.1) is 0 Å². The van der Waals surface area contributed by atoms with Gasteiger partial charge in [0.1, 0.15) is 5.52 Å². The van der Waals surface area contributed by atoms with Crippen LogP contribution in [0.1, 0.15) is 12.8 Å². The number of carbonyl (C=O) groups excluding carboxylic acids is 1. The smallest absolute Gasteiger partial charge is 0.227 e. The van der Waals surface area contributed by atoms with Crippen LogP contribution in [0.5, 0.6) is 0 Å². The highest BCUT2D eigenvalue weighted by molar-refractivity contribution is 5.94. The molecule has 4 nitrogen and oxygen atoms in total. The molecule has 4 rings (SSSR count). The molecule has 0 spiro atoms. The van der Waals surface area contributed by atoms with Gasteiger partial charge in [-0.2, -0.15) is 0 Å². The van der Waals surface area contributed by atoms with Gasteiger partial charge < -0.3 is 9.73 Å². The second-order valence-electron chi connectivity index (χ2n) is 5.33. The van der Waals surface area contributed by atoms with Crippen LogP contribution >= 0.6 is 0 Å². The SMILES string of the molecule is O=C(Nc1cccc(-c2nc3ccccc3o2)c1)C1CC1. The third kappa shape index (κ3) is 2.40. The van der Waals surface area contributed by atoms with Gasteiger partial charge in [-0.1, -0.05) is 18.2 Å². The number of para-hydroxylation sites is 2. The predicted octanol–water partition coefficient (Wildman–Crippen LogP) is 3.84. The average molecular weight is 278 g/mol. The molecule has 1 aromatic heterocycles. The van der Waals surface area contributed by atoms with E-state index in [0.717, 1.165) is 35.2 Å². The number of fused-ring (bicyclic) bond motifs is 1. The number of amides is 1. The Morgan fingerprint density at radius 2 is 2.00 bits per heavy atom. The van der Waals surface area contributed by atoms with Gasteiger partial charge in [0.2, 0.25) is 11.8 Å². The molecular formula is C17H14N2O2. The van der Waals surface area contributed by atoms with Crippen molar-refractivity contribution in [2.24, 2.45) is 5.92 Å². The summed E-state index contributed by atoms with van der Waals surface area (Å²) in [6.07, 6.45) is 1.99. The predicted molar refractivity (Wildman–Crippen MR) is 80.8 cm³/mol. The van der Waals surface area contributed by atoms with Crippen LogP contribution in [0.2, 0.25) is 0 Å². The van der Waals surface area contributed by atoms with Crippen LogP contribution in [-0.2, 0) is 4.79 Å². The van der Waals surface area contributed by atoms with Crippen LogP contribution in [0.25, 0.3) is 22.6 Å². The number of benzene rings is 2. The van der Waals surface area contributed by atoms with Gasteiger partial charge in [-0.05, 0) is 43.2 Å². The lowest BCUT2D eigenvalue weighted by atomic mass is 10.2. The molecule has 4 heteroatoms. The van der Waals surface area contributed by atoms with Crippen molar-refractivity contribution in [2.75, 3.05) is 5.32 Å². The molecule has 0 bridgehead atoms.